The second-order valence-electron chi connectivity index (χ2n) is 5.91. The molecule has 1 saturated heterocycles. The molecule has 2 aromatic rings. The lowest BCUT2D eigenvalue weighted by Crippen LogP contribution is -2.55. The lowest BCUT2D eigenvalue weighted by atomic mass is 10.2. The molecular weight excluding hydrogens is 420 g/mol. The van der Waals surface area contributed by atoms with E-state index in [9.17, 15) is 16.8 Å². The van der Waals surface area contributed by atoms with E-state index in [0.29, 0.717) is 0 Å². The van der Waals surface area contributed by atoms with E-state index < -0.39 is 26.1 Å². The van der Waals surface area contributed by atoms with Gasteiger partial charge < -0.3 is 0 Å². The van der Waals surface area contributed by atoms with Crippen LogP contribution in [0.1, 0.15) is 27.7 Å². The van der Waals surface area contributed by atoms with E-state index >= 15 is 0 Å². The largest absolute Gasteiger partial charge is 0.243 e. The van der Waals surface area contributed by atoms with Gasteiger partial charge in [-0.3, -0.25) is 0 Å². The van der Waals surface area contributed by atoms with Gasteiger partial charge in [0.1, 0.15) is 0 Å². The maximum atomic E-state index is 12.9. The van der Waals surface area contributed by atoms with Crippen LogP contribution in [0.25, 0.3) is 0 Å². The summed E-state index contributed by atoms with van der Waals surface area (Å²) in [6.07, 6.45) is 1.48. The molecule has 2 aromatic carbocycles. The summed E-state index contributed by atoms with van der Waals surface area (Å²) in [5.41, 5.74) is 0. The van der Waals surface area contributed by atoms with Gasteiger partial charge in [0.15, 0.2) is 0 Å². The van der Waals surface area contributed by atoms with Gasteiger partial charge in [-0.05, 0) is 24.3 Å². The molecule has 166 valence electrons. The minimum Gasteiger partial charge on any atom is -0.207 e. The van der Waals surface area contributed by atoms with Crippen molar-refractivity contribution in [1.82, 2.24) is 8.61 Å². The number of piperazine rings is 1. The van der Waals surface area contributed by atoms with Crippen molar-refractivity contribution in [2.24, 2.45) is 0 Å². The molecule has 0 amide bonds. The van der Waals surface area contributed by atoms with Gasteiger partial charge >= 0.3 is 0 Å². The molecule has 6 nitrogen and oxygen atoms in total. The highest BCUT2D eigenvalue weighted by Gasteiger charge is 2.38. The van der Waals surface area contributed by atoms with Gasteiger partial charge in [0, 0.05) is 19.6 Å². The van der Waals surface area contributed by atoms with Crippen LogP contribution in [0.15, 0.2) is 83.1 Å². The Kier molecular flexibility index (Phi) is 10.4. The van der Waals surface area contributed by atoms with Crippen molar-refractivity contribution >= 4 is 20.0 Å². The lowest BCUT2D eigenvalue weighted by Gasteiger charge is -2.38. The third-order valence-electron chi connectivity index (χ3n) is 4.33. The maximum absolute atomic E-state index is 12.9. The number of sulfonamides is 2. The SMILES string of the molecule is C=CC1CN(S(=O)(=O)c2ccccc2)CCN1S(=O)(=O)c1ccccc1.CC.CC. The van der Waals surface area contributed by atoms with Crippen LogP contribution in [0.4, 0.5) is 0 Å². The molecule has 0 saturated carbocycles. The van der Waals surface area contributed by atoms with Gasteiger partial charge in [0.05, 0.1) is 15.8 Å². The molecule has 0 bridgehead atoms. The number of hydrogen-bond acceptors (Lipinski definition) is 4. The van der Waals surface area contributed by atoms with Crippen LogP contribution < -0.4 is 0 Å². The number of rotatable bonds is 5. The second-order valence-corrected chi connectivity index (χ2v) is 9.74. The molecule has 0 aliphatic carbocycles. The highest BCUT2D eigenvalue weighted by Crippen LogP contribution is 2.25. The topological polar surface area (TPSA) is 74.8 Å². The van der Waals surface area contributed by atoms with Crippen LogP contribution in [0, 0.1) is 0 Å². The minimum atomic E-state index is -3.72. The van der Waals surface area contributed by atoms with Gasteiger partial charge in [-0.1, -0.05) is 70.2 Å². The normalized spacial score (nSPS) is 17.7. The smallest absolute Gasteiger partial charge is 0.207 e. The van der Waals surface area contributed by atoms with E-state index in [4.69, 9.17) is 0 Å². The molecule has 1 unspecified atom stereocenters. The van der Waals surface area contributed by atoms with Crippen LogP contribution in [-0.4, -0.2) is 51.1 Å². The standard InChI is InChI=1S/C18H20N2O4S2.2C2H6/c1-2-16-15-19(25(21,22)17-9-5-3-6-10-17)13-14-20(16)26(23,24)18-11-7-4-8-12-18;2*1-2/h2-12,16H,1,13-15H2;2*1-2H3. The van der Waals surface area contributed by atoms with Gasteiger partial charge in [-0.25, -0.2) is 16.8 Å². The monoisotopic (exact) mass is 452 g/mol. The van der Waals surface area contributed by atoms with E-state index in [0.717, 1.165) is 0 Å². The fraction of sp³-hybridized carbons (Fsp3) is 0.364. The highest BCUT2D eigenvalue weighted by molar-refractivity contribution is 7.89. The summed E-state index contributed by atoms with van der Waals surface area (Å²) in [6, 6.07) is 15.6. The first kappa shape index (κ1) is 26.0. The van der Waals surface area contributed by atoms with Crippen molar-refractivity contribution in [3.8, 4) is 0 Å². The van der Waals surface area contributed by atoms with Crippen LogP contribution in [0.2, 0.25) is 0 Å². The predicted octanol–water partition coefficient (Wildman–Crippen LogP) is 3.99. The Morgan fingerprint density at radius 2 is 1.20 bits per heavy atom. The average molecular weight is 453 g/mol. The number of nitrogens with zero attached hydrogens (tertiary/aromatic N) is 2. The Morgan fingerprint density at radius 3 is 1.63 bits per heavy atom. The van der Waals surface area contributed by atoms with Crippen molar-refractivity contribution in [2.45, 2.75) is 43.5 Å². The molecule has 8 heteroatoms. The summed E-state index contributed by atoms with van der Waals surface area (Å²) >= 11 is 0. The van der Waals surface area contributed by atoms with E-state index in [2.05, 4.69) is 6.58 Å². The maximum Gasteiger partial charge on any atom is 0.243 e. The van der Waals surface area contributed by atoms with Crippen molar-refractivity contribution < 1.29 is 16.8 Å². The fourth-order valence-corrected chi connectivity index (χ4v) is 6.02. The Balaban J connectivity index is 0.00000106. The van der Waals surface area contributed by atoms with Crippen LogP contribution in [0.3, 0.4) is 0 Å². The zero-order chi connectivity index (χ0) is 22.8. The predicted molar refractivity (Wildman–Crippen MR) is 122 cm³/mol. The van der Waals surface area contributed by atoms with Gasteiger partial charge in [0.25, 0.3) is 0 Å². The molecule has 1 heterocycles. The summed E-state index contributed by atoms with van der Waals surface area (Å²) < 4.78 is 54.0. The molecule has 0 spiro atoms. The van der Waals surface area contributed by atoms with Crippen LogP contribution >= 0.6 is 0 Å². The average Bonchev–Trinajstić information content (AvgIpc) is 2.82. The first-order valence-electron chi connectivity index (χ1n) is 10.1. The first-order chi connectivity index (χ1) is 14.4. The summed E-state index contributed by atoms with van der Waals surface area (Å²) in [6.45, 7) is 11.9. The lowest BCUT2D eigenvalue weighted by molar-refractivity contribution is 0.230. The van der Waals surface area contributed by atoms with E-state index in [1.54, 1.807) is 36.4 Å². The summed E-state index contributed by atoms with van der Waals surface area (Å²) in [4.78, 5) is 0.383. The Hall–Kier alpha value is -2.00. The number of hydrogen-bond donors (Lipinski definition) is 0. The zero-order valence-corrected chi connectivity index (χ0v) is 19.7. The molecular formula is C22H32N2O4S2. The third-order valence-corrected chi connectivity index (χ3v) is 8.15. The quantitative estimate of drug-likeness (QED) is 0.643. The van der Waals surface area contributed by atoms with Gasteiger partial charge in [-0.2, -0.15) is 8.61 Å². The van der Waals surface area contributed by atoms with Gasteiger partial charge in [-0.15, -0.1) is 6.58 Å². The van der Waals surface area contributed by atoms with Crippen LogP contribution in [0.5, 0.6) is 0 Å². The van der Waals surface area contributed by atoms with E-state index in [1.807, 2.05) is 27.7 Å². The molecule has 3 rings (SSSR count). The molecule has 1 aliphatic heterocycles. The second kappa shape index (κ2) is 12.0. The zero-order valence-electron chi connectivity index (χ0n) is 18.1. The fourth-order valence-electron chi connectivity index (χ4n) is 2.95. The van der Waals surface area contributed by atoms with Crippen molar-refractivity contribution in [3.05, 3.63) is 73.3 Å². The van der Waals surface area contributed by atoms with E-state index in [1.165, 1.54) is 39.0 Å². The summed E-state index contributed by atoms with van der Waals surface area (Å²) in [5.74, 6) is 0. The minimum absolute atomic E-state index is 0.0345. The van der Waals surface area contributed by atoms with Crippen LogP contribution in [-0.2, 0) is 20.0 Å². The molecule has 1 atom stereocenters. The Bertz CT molecular complexity index is 976. The van der Waals surface area contributed by atoms with E-state index in [-0.39, 0.29) is 29.4 Å². The summed E-state index contributed by atoms with van der Waals surface area (Å²) in [7, 11) is -7.39. The molecule has 0 radical (unpaired) electrons. The third kappa shape index (κ3) is 5.78. The van der Waals surface area contributed by atoms with Crippen molar-refractivity contribution in [3.63, 3.8) is 0 Å². The number of benzene rings is 2. The van der Waals surface area contributed by atoms with Crippen molar-refractivity contribution in [2.75, 3.05) is 19.6 Å². The molecule has 1 aliphatic rings. The highest BCUT2D eigenvalue weighted by atomic mass is 32.2. The Labute approximate surface area is 181 Å². The Morgan fingerprint density at radius 1 is 0.767 bits per heavy atom. The molecule has 0 aromatic heterocycles. The first-order valence-corrected chi connectivity index (χ1v) is 13.0. The van der Waals surface area contributed by atoms with Gasteiger partial charge in [0.2, 0.25) is 20.0 Å². The summed E-state index contributed by atoms with van der Waals surface area (Å²) in [5, 5.41) is 0. The molecule has 30 heavy (non-hydrogen) atoms. The molecule has 0 N–H and O–H groups in total. The molecule has 1 fully saturated rings. The van der Waals surface area contributed by atoms with Crippen molar-refractivity contribution in [1.29, 1.82) is 0 Å².